The summed E-state index contributed by atoms with van der Waals surface area (Å²) in [4.78, 5) is 61.1. The summed E-state index contributed by atoms with van der Waals surface area (Å²) >= 11 is 0. The van der Waals surface area contributed by atoms with E-state index in [9.17, 15) is 24.5 Å². The Bertz CT molecular complexity index is 1160. The molecule has 1 aromatic heterocycles. The average Bonchev–Trinajstić information content (AvgIpc) is 2.84. The Morgan fingerprint density at radius 3 is 2.42 bits per heavy atom. The van der Waals surface area contributed by atoms with Crippen LogP contribution in [0.2, 0.25) is 0 Å². The maximum Gasteiger partial charge on any atom is 0.332 e. The van der Waals surface area contributed by atoms with Gasteiger partial charge in [0, 0.05) is 64.2 Å². The zero-order chi connectivity index (χ0) is 23.5. The largest absolute Gasteiger partial charge is 0.363 e. The molecule has 3 aliphatic rings. The van der Waals surface area contributed by atoms with Crippen LogP contribution < -0.4 is 9.80 Å². The number of rotatable bonds is 2. The first-order valence-corrected chi connectivity index (χ1v) is 10.6. The minimum absolute atomic E-state index is 0.0269. The highest BCUT2D eigenvalue weighted by molar-refractivity contribution is 6.20. The molecule has 2 aromatic rings. The first-order valence-electron chi connectivity index (χ1n) is 10.6. The van der Waals surface area contributed by atoms with Crippen molar-refractivity contribution in [3.8, 4) is 0 Å². The molecule has 1 aromatic carbocycles. The van der Waals surface area contributed by atoms with Crippen molar-refractivity contribution < 1.29 is 19.3 Å². The molecule has 4 amide bonds. The van der Waals surface area contributed by atoms with Gasteiger partial charge in [0.15, 0.2) is 5.41 Å². The van der Waals surface area contributed by atoms with Crippen LogP contribution in [0.15, 0.2) is 42.6 Å². The van der Waals surface area contributed by atoms with E-state index in [0.717, 1.165) is 21.3 Å². The van der Waals surface area contributed by atoms with E-state index in [-0.39, 0.29) is 12.1 Å². The number of hydrogen-bond acceptors (Lipinski definition) is 8. The van der Waals surface area contributed by atoms with Gasteiger partial charge in [-0.05, 0) is 23.8 Å². The highest BCUT2D eigenvalue weighted by Gasteiger charge is 2.64. The van der Waals surface area contributed by atoms with Crippen molar-refractivity contribution in [2.75, 3.05) is 43.5 Å². The van der Waals surface area contributed by atoms with Gasteiger partial charge in [-0.2, -0.15) is 0 Å². The van der Waals surface area contributed by atoms with Gasteiger partial charge in [0.25, 0.3) is 5.69 Å². The number of carbonyl (C=O) groups is 3. The highest BCUT2D eigenvalue weighted by Crippen LogP contribution is 2.47. The van der Waals surface area contributed by atoms with Gasteiger partial charge < -0.3 is 9.80 Å². The van der Waals surface area contributed by atoms with Crippen LogP contribution in [0.3, 0.4) is 0 Å². The van der Waals surface area contributed by atoms with Crippen LogP contribution in [-0.4, -0.2) is 77.3 Å². The summed E-state index contributed by atoms with van der Waals surface area (Å²) < 4.78 is 0. The fraction of sp³-hybridized carbons (Fsp3) is 0.364. The summed E-state index contributed by atoms with van der Waals surface area (Å²) in [5, 5.41) is 11.4. The molecule has 4 heterocycles. The van der Waals surface area contributed by atoms with Crippen LogP contribution in [0, 0.1) is 15.5 Å². The molecule has 2 saturated heterocycles. The highest BCUT2D eigenvalue weighted by atomic mass is 16.6. The lowest BCUT2D eigenvalue weighted by atomic mass is 9.67. The zero-order valence-corrected chi connectivity index (χ0v) is 18.2. The molecule has 0 bridgehead atoms. The normalized spacial score (nSPS) is 21.9. The number of piperazine rings is 1. The van der Waals surface area contributed by atoms with Gasteiger partial charge in [-0.3, -0.25) is 29.5 Å². The molecule has 5 rings (SSSR count). The van der Waals surface area contributed by atoms with Gasteiger partial charge in [0.1, 0.15) is 5.82 Å². The lowest BCUT2D eigenvalue weighted by molar-refractivity contribution is -0.384. The minimum atomic E-state index is -1.59. The predicted octanol–water partition coefficient (Wildman–Crippen LogP) is 1.28. The summed E-state index contributed by atoms with van der Waals surface area (Å²) in [6, 6.07) is 8.82. The van der Waals surface area contributed by atoms with E-state index in [4.69, 9.17) is 0 Å². The minimum Gasteiger partial charge on any atom is -0.363 e. The van der Waals surface area contributed by atoms with Crippen molar-refractivity contribution in [3.63, 3.8) is 0 Å². The molecule has 0 radical (unpaired) electrons. The number of nitrogens with zero attached hydrogens (tertiary/aromatic N) is 6. The molecule has 1 unspecified atom stereocenters. The summed E-state index contributed by atoms with van der Waals surface area (Å²) in [5.41, 5.74) is -0.389. The third-order valence-electron chi connectivity index (χ3n) is 6.92. The van der Waals surface area contributed by atoms with Gasteiger partial charge in [-0.25, -0.2) is 9.78 Å². The van der Waals surface area contributed by atoms with Gasteiger partial charge in [0.05, 0.1) is 11.0 Å². The topological polar surface area (TPSA) is 120 Å². The second-order valence-corrected chi connectivity index (χ2v) is 8.57. The van der Waals surface area contributed by atoms with Crippen LogP contribution in [0.25, 0.3) is 0 Å². The molecule has 11 heteroatoms. The van der Waals surface area contributed by atoms with E-state index in [1.807, 2.05) is 28.0 Å². The number of urea groups is 1. The number of aromatic nitrogens is 1. The number of fused-ring (bicyclic) bond motifs is 4. The summed E-state index contributed by atoms with van der Waals surface area (Å²) in [5.74, 6) is -0.452. The van der Waals surface area contributed by atoms with E-state index < -0.39 is 34.2 Å². The van der Waals surface area contributed by atoms with E-state index >= 15 is 0 Å². The van der Waals surface area contributed by atoms with Gasteiger partial charge in [-0.1, -0.05) is 6.07 Å². The fourth-order valence-corrected chi connectivity index (χ4v) is 5.29. The van der Waals surface area contributed by atoms with Crippen LogP contribution in [0.1, 0.15) is 5.56 Å². The van der Waals surface area contributed by atoms with E-state index in [0.29, 0.717) is 25.2 Å². The Hall–Kier alpha value is -4.02. The molecule has 0 saturated carbocycles. The summed E-state index contributed by atoms with van der Waals surface area (Å²) in [6.07, 6.45) is 1.66. The number of carbonyl (C=O) groups excluding carboxylic acids is 3. The van der Waals surface area contributed by atoms with Crippen molar-refractivity contribution in [2.24, 2.45) is 5.41 Å². The molecule has 0 N–H and O–H groups in total. The van der Waals surface area contributed by atoms with Crippen LogP contribution in [0.4, 0.5) is 22.0 Å². The third-order valence-corrected chi connectivity index (χ3v) is 6.92. The number of non-ortho nitro benzene ring substituents is 1. The first-order chi connectivity index (χ1) is 15.8. The second kappa shape index (κ2) is 7.26. The third kappa shape index (κ3) is 2.88. The molecule has 170 valence electrons. The smallest absolute Gasteiger partial charge is 0.332 e. The Morgan fingerprint density at radius 1 is 1.06 bits per heavy atom. The Kier molecular flexibility index (Phi) is 4.59. The molecule has 11 nitrogen and oxygen atoms in total. The molecule has 2 fully saturated rings. The van der Waals surface area contributed by atoms with Crippen molar-refractivity contribution >= 4 is 35.0 Å². The van der Waals surface area contributed by atoms with Crippen LogP contribution >= 0.6 is 0 Å². The standard InChI is InChI=1S/C22H22N6O5/c1-24-19(29)22(20(30)25(2)21(24)31)12-14-11-15(28(32)33)6-7-16(14)27-10-9-26(13-17(22)27)18-5-3-4-8-23-18/h3-8,11,17H,9-10,12-13H2,1-2H3. The lowest BCUT2D eigenvalue weighted by Gasteiger charge is -2.56. The van der Waals surface area contributed by atoms with Gasteiger partial charge in [-0.15, -0.1) is 0 Å². The number of nitro benzene ring substituents is 1. The van der Waals surface area contributed by atoms with Crippen LogP contribution in [0.5, 0.6) is 0 Å². The number of nitro groups is 1. The number of pyridine rings is 1. The molecule has 3 aliphatic heterocycles. The van der Waals surface area contributed by atoms with E-state index in [1.54, 1.807) is 12.3 Å². The molecule has 1 spiro atoms. The van der Waals surface area contributed by atoms with E-state index in [2.05, 4.69) is 4.98 Å². The van der Waals surface area contributed by atoms with E-state index in [1.165, 1.54) is 26.2 Å². The summed E-state index contributed by atoms with van der Waals surface area (Å²) in [7, 11) is 2.73. The number of anilines is 2. The maximum atomic E-state index is 13.7. The number of benzene rings is 1. The molecule has 1 atom stereocenters. The number of amides is 4. The first kappa shape index (κ1) is 20.9. The quantitative estimate of drug-likeness (QED) is 0.381. The second-order valence-electron chi connectivity index (χ2n) is 8.57. The van der Waals surface area contributed by atoms with Gasteiger partial charge in [0.2, 0.25) is 11.8 Å². The van der Waals surface area contributed by atoms with Crippen molar-refractivity contribution in [1.29, 1.82) is 0 Å². The average molecular weight is 450 g/mol. The van der Waals surface area contributed by atoms with Gasteiger partial charge >= 0.3 is 6.03 Å². The van der Waals surface area contributed by atoms with Crippen molar-refractivity contribution in [2.45, 2.75) is 12.5 Å². The lowest BCUT2D eigenvalue weighted by Crippen LogP contribution is -2.74. The Labute approximate surface area is 189 Å². The maximum absolute atomic E-state index is 13.7. The number of barbiturate groups is 1. The molecular formula is C22H22N6O5. The predicted molar refractivity (Wildman–Crippen MR) is 118 cm³/mol. The number of imide groups is 2. The SMILES string of the molecule is CN1C(=O)N(C)C(=O)C2(Cc3cc([N+](=O)[O-])ccc3N3CCN(c4ccccn4)CC32)C1=O. The Morgan fingerprint density at radius 2 is 1.79 bits per heavy atom. The molecular weight excluding hydrogens is 428 g/mol. The number of hydrogen-bond donors (Lipinski definition) is 0. The zero-order valence-electron chi connectivity index (χ0n) is 18.2. The fourth-order valence-electron chi connectivity index (χ4n) is 5.29. The van der Waals surface area contributed by atoms with Crippen molar-refractivity contribution in [3.05, 3.63) is 58.3 Å². The summed E-state index contributed by atoms with van der Waals surface area (Å²) in [6.45, 7) is 1.41. The van der Waals surface area contributed by atoms with Crippen LogP contribution in [-0.2, 0) is 16.0 Å². The Balaban J connectivity index is 1.67. The molecule has 33 heavy (non-hydrogen) atoms. The van der Waals surface area contributed by atoms with Crippen molar-refractivity contribution in [1.82, 2.24) is 14.8 Å². The molecule has 0 aliphatic carbocycles. The monoisotopic (exact) mass is 450 g/mol.